The summed E-state index contributed by atoms with van der Waals surface area (Å²) < 4.78 is 10.5. The van der Waals surface area contributed by atoms with Crippen LogP contribution in [-0.4, -0.2) is 35.8 Å². The molecule has 1 heterocycles. The molecule has 162 valence electrons. The van der Waals surface area contributed by atoms with Gasteiger partial charge in [-0.3, -0.25) is 4.79 Å². The lowest BCUT2D eigenvalue weighted by Gasteiger charge is -2.11. The molecule has 0 radical (unpaired) electrons. The number of fused-ring (bicyclic) bond motifs is 1. The fourth-order valence-electron chi connectivity index (χ4n) is 3.31. The third kappa shape index (κ3) is 5.18. The molecule has 32 heavy (non-hydrogen) atoms. The Hall–Kier alpha value is -3.58. The number of thioether (sulfide) groups is 1. The maximum Gasteiger partial charge on any atom is 0.234 e. The maximum absolute atomic E-state index is 12.6. The van der Waals surface area contributed by atoms with Crippen LogP contribution >= 0.6 is 11.8 Å². The Kier molecular flexibility index (Phi) is 6.87. The molecule has 0 saturated heterocycles. The van der Waals surface area contributed by atoms with Crippen molar-refractivity contribution < 1.29 is 14.3 Å². The molecule has 0 unspecified atom stereocenters. The SMILES string of the molecule is COc1ccc(NC(=O)CSc2nc(Cc3ccccc3)nc3ccccc23)cc1OC. The quantitative estimate of drug-likeness (QED) is 0.305. The standard InChI is InChI=1S/C25H23N3O3S/c1-30-21-13-12-18(15-22(21)31-2)26-24(29)16-32-25-19-10-6-7-11-20(19)27-23(28-25)14-17-8-4-3-5-9-17/h3-13,15H,14,16H2,1-2H3,(H,26,29). The van der Waals surface area contributed by atoms with E-state index in [2.05, 4.69) is 17.4 Å². The molecule has 0 spiro atoms. The first-order valence-electron chi connectivity index (χ1n) is 10.1. The van der Waals surface area contributed by atoms with E-state index in [-0.39, 0.29) is 11.7 Å². The number of amides is 1. The van der Waals surface area contributed by atoms with Crippen molar-refractivity contribution in [2.75, 3.05) is 25.3 Å². The molecule has 1 N–H and O–H groups in total. The normalized spacial score (nSPS) is 10.7. The monoisotopic (exact) mass is 445 g/mol. The second kappa shape index (κ2) is 10.2. The number of hydrogen-bond donors (Lipinski definition) is 1. The van der Waals surface area contributed by atoms with Crippen molar-refractivity contribution in [1.29, 1.82) is 0 Å². The smallest absolute Gasteiger partial charge is 0.234 e. The predicted octanol–water partition coefficient (Wildman–Crippen LogP) is 4.97. The number of benzene rings is 3. The number of methoxy groups -OCH3 is 2. The fourth-order valence-corrected chi connectivity index (χ4v) is 4.14. The minimum absolute atomic E-state index is 0.130. The summed E-state index contributed by atoms with van der Waals surface area (Å²) in [5, 5.41) is 4.64. The molecule has 4 rings (SSSR count). The van der Waals surface area contributed by atoms with Crippen LogP contribution in [0.5, 0.6) is 11.5 Å². The molecule has 0 aliphatic rings. The second-order valence-corrected chi connectivity index (χ2v) is 8.00. The lowest BCUT2D eigenvalue weighted by atomic mass is 10.1. The van der Waals surface area contributed by atoms with Crippen LogP contribution in [0.25, 0.3) is 10.9 Å². The first-order valence-corrected chi connectivity index (χ1v) is 11.1. The molecule has 0 bridgehead atoms. The van der Waals surface area contributed by atoms with Crippen LogP contribution < -0.4 is 14.8 Å². The van der Waals surface area contributed by atoms with E-state index in [9.17, 15) is 4.79 Å². The van der Waals surface area contributed by atoms with Gasteiger partial charge in [-0.05, 0) is 23.8 Å². The first-order chi connectivity index (χ1) is 15.7. The summed E-state index contributed by atoms with van der Waals surface area (Å²) in [7, 11) is 3.14. The van der Waals surface area contributed by atoms with Crippen molar-refractivity contribution in [2.24, 2.45) is 0 Å². The van der Waals surface area contributed by atoms with Crippen molar-refractivity contribution in [2.45, 2.75) is 11.4 Å². The molecule has 0 atom stereocenters. The minimum atomic E-state index is -0.130. The van der Waals surface area contributed by atoms with Gasteiger partial charge in [-0.2, -0.15) is 0 Å². The van der Waals surface area contributed by atoms with Gasteiger partial charge in [-0.15, -0.1) is 0 Å². The highest BCUT2D eigenvalue weighted by molar-refractivity contribution is 8.00. The van der Waals surface area contributed by atoms with E-state index in [0.717, 1.165) is 27.3 Å². The predicted molar refractivity (Wildman–Crippen MR) is 128 cm³/mol. The number of rotatable bonds is 8. The molecular weight excluding hydrogens is 422 g/mol. The van der Waals surface area contributed by atoms with Crippen LogP contribution in [0.15, 0.2) is 77.8 Å². The van der Waals surface area contributed by atoms with Gasteiger partial charge in [0.05, 0.1) is 25.5 Å². The number of carbonyl (C=O) groups excluding carboxylic acids is 1. The van der Waals surface area contributed by atoms with E-state index in [1.165, 1.54) is 11.8 Å². The summed E-state index contributed by atoms with van der Waals surface area (Å²) in [5.74, 6) is 2.00. The number of nitrogens with zero attached hydrogens (tertiary/aromatic N) is 2. The number of para-hydroxylation sites is 1. The lowest BCUT2D eigenvalue weighted by molar-refractivity contribution is -0.113. The van der Waals surface area contributed by atoms with Crippen molar-refractivity contribution in [1.82, 2.24) is 9.97 Å². The van der Waals surface area contributed by atoms with Gasteiger partial charge in [0, 0.05) is 23.6 Å². The largest absolute Gasteiger partial charge is 0.493 e. The van der Waals surface area contributed by atoms with Gasteiger partial charge in [-0.1, -0.05) is 60.3 Å². The first kappa shape index (κ1) is 21.6. The number of carbonyl (C=O) groups is 1. The zero-order valence-corrected chi connectivity index (χ0v) is 18.7. The van der Waals surface area contributed by atoms with Crippen molar-refractivity contribution in [3.8, 4) is 11.5 Å². The molecular formula is C25H23N3O3S. The van der Waals surface area contributed by atoms with Crippen LogP contribution in [0.1, 0.15) is 11.4 Å². The van der Waals surface area contributed by atoms with Crippen LogP contribution in [0, 0.1) is 0 Å². The third-order valence-electron chi connectivity index (χ3n) is 4.83. The number of nitrogens with one attached hydrogen (secondary N) is 1. The Morgan fingerprint density at radius 1 is 0.906 bits per heavy atom. The van der Waals surface area contributed by atoms with Crippen LogP contribution in [-0.2, 0) is 11.2 Å². The van der Waals surface area contributed by atoms with Gasteiger partial charge in [0.15, 0.2) is 11.5 Å². The molecule has 0 aliphatic carbocycles. The number of hydrogen-bond acceptors (Lipinski definition) is 6. The number of ether oxygens (including phenoxy) is 2. The Balaban J connectivity index is 1.50. The fraction of sp³-hybridized carbons (Fsp3) is 0.160. The van der Waals surface area contributed by atoms with Gasteiger partial charge < -0.3 is 14.8 Å². The second-order valence-electron chi connectivity index (χ2n) is 7.03. The summed E-state index contributed by atoms with van der Waals surface area (Å²) in [4.78, 5) is 22.1. The molecule has 3 aromatic carbocycles. The molecule has 0 saturated carbocycles. The number of aromatic nitrogens is 2. The molecule has 1 aromatic heterocycles. The van der Waals surface area contributed by atoms with E-state index in [1.807, 2.05) is 42.5 Å². The summed E-state index contributed by atoms with van der Waals surface area (Å²) in [6.07, 6.45) is 0.636. The summed E-state index contributed by atoms with van der Waals surface area (Å²) >= 11 is 1.40. The molecule has 0 fully saturated rings. The average Bonchev–Trinajstić information content (AvgIpc) is 2.83. The highest BCUT2D eigenvalue weighted by atomic mass is 32.2. The van der Waals surface area contributed by atoms with Crippen LogP contribution in [0.4, 0.5) is 5.69 Å². The zero-order valence-electron chi connectivity index (χ0n) is 17.9. The summed E-state index contributed by atoms with van der Waals surface area (Å²) in [5.41, 5.74) is 2.66. The van der Waals surface area contributed by atoms with Gasteiger partial charge >= 0.3 is 0 Å². The molecule has 4 aromatic rings. The van der Waals surface area contributed by atoms with E-state index < -0.39 is 0 Å². The van der Waals surface area contributed by atoms with E-state index in [1.54, 1.807) is 32.4 Å². The van der Waals surface area contributed by atoms with Gasteiger partial charge in [0.1, 0.15) is 10.9 Å². The lowest BCUT2D eigenvalue weighted by Crippen LogP contribution is -2.14. The van der Waals surface area contributed by atoms with E-state index >= 15 is 0 Å². The Morgan fingerprint density at radius 3 is 2.44 bits per heavy atom. The molecule has 7 heteroatoms. The van der Waals surface area contributed by atoms with Gasteiger partial charge in [-0.25, -0.2) is 9.97 Å². The van der Waals surface area contributed by atoms with Crippen molar-refractivity contribution >= 4 is 34.3 Å². The highest BCUT2D eigenvalue weighted by Crippen LogP contribution is 2.30. The highest BCUT2D eigenvalue weighted by Gasteiger charge is 2.12. The molecule has 6 nitrogen and oxygen atoms in total. The van der Waals surface area contributed by atoms with Crippen LogP contribution in [0.3, 0.4) is 0 Å². The summed E-state index contributed by atoms with van der Waals surface area (Å²) in [6, 6.07) is 23.3. The van der Waals surface area contributed by atoms with Crippen molar-refractivity contribution in [3.63, 3.8) is 0 Å². The van der Waals surface area contributed by atoms with Gasteiger partial charge in [0.2, 0.25) is 5.91 Å². The Bertz CT molecular complexity index is 1230. The summed E-state index contributed by atoms with van der Waals surface area (Å²) in [6.45, 7) is 0. The average molecular weight is 446 g/mol. The Morgan fingerprint density at radius 2 is 1.66 bits per heavy atom. The topological polar surface area (TPSA) is 73.3 Å². The third-order valence-corrected chi connectivity index (χ3v) is 5.82. The number of anilines is 1. The van der Waals surface area contributed by atoms with Crippen LogP contribution in [0.2, 0.25) is 0 Å². The van der Waals surface area contributed by atoms with E-state index in [4.69, 9.17) is 19.4 Å². The molecule has 0 aliphatic heterocycles. The zero-order chi connectivity index (χ0) is 22.3. The Labute approximate surface area is 191 Å². The minimum Gasteiger partial charge on any atom is -0.493 e. The molecule has 1 amide bonds. The van der Waals surface area contributed by atoms with Crippen molar-refractivity contribution in [3.05, 3.63) is 84.2 Å². The maximum atomic E-state index is 12.6. The van der Waals surface area contributed by atoms with E-state index in [0.29, 0.717) is 23.6 Å². The van der Waals surface area contributed by atoms with Gasteiger partial charge in [0.25, 0.3) is 0 Å².